The van der Waals surface area contributed by atoms with Crippen LogP contribution in [0.5, 0.6) is 0 Å². The van der Waals surface area contributed by atoms with Crippen molar-refractivity contribution < 1.29 is 4.79 Å². The van der Waals surface area contributed by atoms with Crippen LogP contribution in [0.25, 0.3) is 0 Å². The molecule has 3 N–H and O–H groups in total. The Morgan fingerprint density at radius 2 is 1.67 bits per heavy atom. The van der Waals surface area contributed by atoms with E-state index in [1.54, 1.807) is 0 Å². The third-order valence-electron chi connectivity index (χ3n) is 4.01. The molecule has 130 valence electrons. The van der Waals surface area contributed by atoms with Gasteiger partial charge in [-0.1, -0.05) is 71.4 Å². The second-order valence-electron chi connectivity index (χ2n) is 5.93. The highest BCUT2D eigenvalue weighted by Crippen LogP contribution is 2.20. The number of nitrogens with two attached hydrogens (primary N) is 1. The van der Waals surface area contributed by atoms with E-state index in [2.05, 4.69) is 27.3 Å². The van der Waals surface area contributed by atoms with Crippen LogP contribution in [0.4, 0.5) is 0 Å². The Morgan fingerprint density at radius 3 is 2.29 bits per heavy atom. The predicted molar refractivity (Wildman–Crippen MR) is 105 cm³/mol. The number of rotatable bonds is 6. The molecule has 2 rings (SSSR count). The topological polar surface area (TPSA) is 55.1 Å². The Balaban J connectivity index is 0.00000288. The molecule has 0 radical (unpaired) electrons. The average molecular weight is 412 g/mol. The van der Waals surface area contributed by atoms with Gasteiger partial charge in [0.15, 0.2) is 0 Å². The molecule has 0 aliphatic rings. The number of hydrogen-bond acceptors (Lipinski definition) is 2. The molecule has 0 bridgehead atoms. The van der Waals surface area contributed by atoms with Crippen molar-refractivity contribution in [2.45, 2.75) is 32.4 Å². The van der Waals surface area contributed by atoms with E-state index < -0.39 is 0 Å². The highest BCUT2D eigenvalue weighted by molar-refractivity contribution is 9.10. The fraction of sp³-hybridized carbons (Fsp3) is 0.316. The van der Waals surface area contributed by atoms with Gasteiger partial charge in [-0.3, -0.25) is 4.79 Å². The lowest BCUT2D eigenvalue weighted by Crippen LogP contribution is -2.41. The summed E-state index contributed by atoms with van der Waals surface area (Å²) in [5.41, 5.74) is 8.38. The molecular weight excluding hydrogens is 388 g/mol. The van der Waals surface area contributed by atoms with Crippen LogP contribution in [-0.4, -0.2) is 11.9 Å². The molecule has 0 saturated heterocycles. The van der Waals surface area contributed by atoms with Crippen molar-refractivity contribution in [1.82, 2.24) is 5.32 Å². The molecule has 0 aliphatic carbocycles. The van der Waals surface area contributed by atoms with Crippen molar-refractivity contribution in [3.8, 4) is 0 Å². The van der Waals surface area contributed by atoms with Gasteiger partial charge in [-0.2, -0.15) is 0 Å². The molecule has 24 heavy (non-hydrogen) atoms. The molecule has 0 saturated carbocycles. The molecule has 5 heteroatoms. The van der Waals surface area contributed by atoms with E-state index in [0.717, 1.165) is 16.5 Å². The first-order valence-corrected chi connectivity index (χ1v) is 8.62. The van der Waals surface area contributed by atoms with E-state index in [4.69, 9.17) is 5.73 Å². The van der Waals surface area contributed by atoms with Crippen molar-refractivity contribution in [1.29, 1.82) is 0 Å². The van der Waals surface area contributed by atoms with Gasteiger partial charge in [0.05, 0.1) is 5.92 Å². The predicted octanol–water partition coefficient (Wildman–Crippen LogP) is 4.25. The number of carbonyl (C=O) groups excluding carboxylic acids is 1. The van der Waals surface area contributed by atoms with Crippen LogP contribution < -0.4 is 11.1 Å². The third-order valence-corrected chi connectivity index (χ3v) is 4.78. The smallest absolute Gasteiger partial charge is 0.224 e. The first-order valence-electron chi connectivity index (χ1n) is 7.83. The van der Waals surface area contributed by atoms with E-state index in [1.807, 2.05) is 62.4 Å². The van der Waals surface area contributed by atoms with Gasteiger partial charge >= 0.3 is 0 Å². The maximum atomic E-state index is 12.4. The zero-order valence-electron chi connectivity index (χ0n) is 13.9. The summed E-state index contributed by atoms with van der Waals surface area (Å²) in [7, 11) is 0. The Labute approximate surface area is 158 Å². The highest BCUT2D eigenvalue weighted by Gasteiger charge is 2.23. The molecule has 3 nitrogen and oxygen atoms in total. The largest absolute Gasteiger partial charge is 0.353 e. The standard InChI is InChI=1S/C19H23BrN2O.ClH/c1-13(12-16-10-6-7-11-17(16)20)22-19(23)14(2)18(21)15-8-4-3-5-9-15;/h3-11,13-14,18H,12,21H2,1-2H3,(H,22,23);1H. The van der Waals surface area contributed by atoms with Crippen LogP contribution in [0, 0.1) is 5.92 Å². The first kappa shape index (κ1) is 20.7. The number of amides is 1. The zero-order chi connectivity index (χ0) is 16.8. The minimum Gasteiger partial charge on any atom is -0.353 e. The second-order valence-corrected chi connectivity index (χ2v) is 6.78. The minimum absolute atomic E-state index is 0. The van der Waals surface area contributed by atoms with E-state index in [-0.39, 0.29) is 36.3 Å². The molecule has 0 aliphatic heterocycles. The Kier molecular flexibility index (Phi) is 8.46. The monoisotopic (exact) mass is 410 g/mol. The summed E-state index contributed by atoms with van der Waals surface area (Å²) in [5, 5.41) is 3.07. The molecule has 1 amide bonds. The summed E-state index contributed by atoms with van der Waals surface area (Å²) in [5.74, 6) is -0.292. The minimum atomic E-state index is -0.299. The third kappa shape index (κ3) is 5.62. The lowest BCUT2D eigenvalue weighted by Gasteiger charge is -2.22. The van der Waals surface area contributed by atoms with Crippen molar-refractivity contribution in [2.24, 2.45) is 11.7 Å². The summed E-state index contributed by atoms with van der Waals surface area (Å²) in [4.78, 5) is 12.4. The van der Waals surface area contributed by atoms with Gasteiger partial charge in [0.1, 0.15) is 0 Å². The molecule has 0 fully saturated rings. The van der Waals surface area contributed by atoms with Gasteiger partial charge in [0, 0.05) is 16.6 Å². The van der Waals surface area contributed by atoms with Crippen LogP contribution in [-0.2, 0) is 11.2 Å². The van der Waals surface area contributed by atoms with Crippen LogP contribution in [0.2, 0.25) is 0 Å². The first-order chi connectivity index (χ1) is 11.0. The quantitative estimate of drug-likeness (QED) is 0.746. The zero-order valence-corrected chi connectivity index (χ0v) is 16.3. The van der Waals surface area contributed by atoms with Gasteiger partial charge < -0.3 is 11.1 Å². The molecule has 2 aromatic rings. The molecule has 0 aromatic heterocycles. The summed E-state index contributed by atoms with van der Waals surface area (Å²) in [6.07, 6.45) is 0.778. The summed E-state index contributed by atoms with van der Waals surface area (Å²) in [6, 6.07) is 17.5. The van der Waals surface area contributed by atoms with E-state index in [0.29, 0.717) is 0 Å². The maximum Gasteiger partial charge on any atom is 0.224 e. The van der Waals surface area contributed by atoms with Crippen LogP contribution in [0.3, 0.4) is 0 Å². The van der Waals surface area contributed by atoms with Gasteiger partial charge in [-0.25, -0.2) is 0 Å². The van der Waals surface area contributed by atoms with Crippen molar-refractivity contribution in [2.75, 3.05) is 0 Å². The summed E-state index contributed by atoms with van der Waals surface area (Å²) < 4.78 is 1.06. The normalized spacial score (nSPS) is 14.2. The summed E-state index contributed by atoms with van der Waals surface area (Å²) in [6.45, 7) is 3.89. The van der Waals surface area contributed by atoms with E-state index in [1.165, 1.54) is 5.56 Å². The molecule has 0 spiro atoms. The van der Waals surface area contributed by atoms with Gasteiger partial charge in [0.2, 0.25) is 5.91 Å². The van der Waals surface area contributed by atoms with E-state index in [9.17, 15) is 4.79 Å². The lowest BCUT2D eigenvalue weighted by atomic mass is 9.94. The SMILES string of the molecule is CC(Cc1ccccc1Br)NC(=O)C(C)C(N)c1ccccc1.Cl. The number of benzene rings is 2. The maximum absolute atomic E-state index is 12.4. The Bertz CT molecular complexity index is 651. The molecular formula is C19H24BrClN2O. The number of carbonyl (C=O) groups is 1. The second kappa shape index (κ2) is 9.82. The fourth-order valence-electron chi connectivity index (χ4n) is 2.55. The summed E-state index contributed by atoms with van der Waals surface area (Å²) >= 11 is 3.54. The van der Waals surface area contributed by atoms with Crippen molar-refractivity contribution in [3.05, 3.63) is 70.2 Å². The molecule has 3 atom stereocenters. The van der Waals surface area contributed by atoms with Crippen LogP contribution in [0.1, 0.15) is 31.0 Å². The molecule has 2 aromatic carbocycles. The Hall–Kier alpha value is -1.36. The molecule has 0 heterocycles. The van der Waals surface area contributed by atoms with Crippen molar-refractivity contribution >= 4 is 34.2 Å². The highest BCUT2D eigenvalue weighted by atomic mass is 79.9. The van der Waals surface area contributed by atoms with Gasteiger partial charge in [-0.05, 0) is 30.5 Å². The van der Waals surface area contributed by atoms with Crippen molar-refractivity contribution in [3.63, 3.8) is 0 Å². The number of hydrogen-bond donors (Lipinski definition) is 2. The van der Waals surface area contributed by atoms with Crippen LogP contribution in [0.15, 0.2) is 59.1 Å². The number of halogens is 2. The lowest BCUT2D eigenvalue weighted by molar-refractivity contribution is -0.125. The van der Waals surface area contributed by atoms with Crippen LogP contribution >= 0.6 is 28.3 Å². The van der Waals surface area contributed by atoms with E-state index >= 15 is 0 Å². The van der Waals surface area contributed by atoms with Gasteiger partial charge in [-0.15, -0.1) is 12.4 Å². The fourth-order valence-corrected chi connectivity index (χ4v) is 2.99. The molecule has 3 unspecified atom stereocenters. The Morgan fingerprint density at radius 1 is 1.08 bits per heavy atom. The van der Waals surface area contributed by atoms with Gasteiger partial charge in [0.25, 0.3) is 0 Å². The number of nitrogens with one attached hydrogen (secondary N) is 1. The average Bonchev–Trinajstić information content (AvgIpc) is 2.56.